The van der Waals surface area contributed by atoms with Crippen LogP contribution in [0.5, 0.6) is 0 Å². The maximum Gasteiger partial charge on any atom is 0.263 e. The first-order chi connectivity index (χ1) is 16.6. The quantitative estimate of drug-likeness (QED) is 0.513. The molecule has 14 heteroatoms. The number of carbonyl (C=O) groups is 1. The lowest BCUT2D eigenvalue weighted by molar-refractivity contribution is -0.202. The summed E-state index contributed by atoms with van der Waals surface area (Å²) < 4.78 is 59.0. The molecule has 4 rings (SSSR count). The zero-order chi connectivity index (χ0) is 25.2. The Morgan fingerprint density at radius 3 is 2.51 bits per heavy atom. The molecule has 2 atom stereocenters. The van der Waals surface area contributed by atoms with E-state index in [1.807, 2.05) is 0 Å². The first-order valence-corrected chi connectivity index (χ1v) is 15.4. The molecule has 1 aromatic heterocycles. The molecule has 0 radical (unpaired) electrons. The van der Waals surface area contributed by atoms with Crippen molar-refractivity contribution in [1.82, 2.24) is 14.1 Å². The van der Waals surface area contributed by atoms with Crippen LogP contribution in [0.2, 0.25) is 5.02 Å². The van der Waals surface area contributed by atoms with Gasteiger partial charge in [0.05, 0.1) is 6.26 Å². The lowest BCUT2D eigenvalue weighted by atomic mass is 10.2. The van der Waals surface area contributed by atoms with Gasteiger partial charge in [0.15, 0.2) is 6.29 Å². The van der Waals surface area contributed by atoms with E-state index < -0.39 is 38.3 Å². The van der Waals surface area contributed by atoms with Gasteiger partial charge in [-0.1, -0.05) is 23.7 Å². The fourth-order valence-electron chi connectivity index (χ4n) is 3.88. The SMILES string of the molecule is CS(=O)(=O)N1CCN(S(=O)(=O)c2ccc(-c3ccc(Cl)cc3)s2)C(C(=O)NOC2CCCCO2)C1. The van der Waals surface area contributed by atoms with Crippen molar-refractivity contribution in [2.24, 2.45) is 0 Å². The highest BCUT2D eigenvalue weighted by Gasteiger charge is 2.43. The minimum atomic E-state index is -4.11. The second kappa shape index (κ2) is 10.8. The van der Waals surface area contributed by atoms with Crippen LogP contribution in [0.4, 0.5) is 0 Å². The zero-order valence-corrected chi connectivity index (χ0v) is 22.1. The molecular weight excluding hydrogens is 538 g/mol. The molecule has 2 aliphatic heterocycles. The highest BCUT2D eigenvalue weighted by Crippen LogP contribution is 2.34. The van der Waals surface area contributed by atoms with E-state index in [1.54, 1.807) is 30.3 Å². The van der Waals surface area contributed by atoms with Gasteiger partial charge in [0.1, 0.15) is 10.3 Å². The normalized spacial score (nSPS) is 22.7. The highest BCUT2D eigenvalue weighted by molar-refractivity contribution is 7.91. The summed E-state index contributed by atoms with van der Waals surface area (Å²) in [5.41, 5.74) is 3.09. The predicted octanol–water partition coefficient (Wildman–Crippen LogP) is 2.28. The van der Waals surface area contributed by atoms with Gasteiger partial charge in [-0.05, 0) is 42.7 Å². The maximum atomic E-state index is 13.6. The first-order valence-electron chi connectivity index (χ1n) is 11.0. The average Bonchev–Trinajstić information content (AvgIpc) is 3.34. The van der Waals surface area contributed by atoms with Crippen LogP contribution < -0.4 is 5.48 Å². The molecule has 2 aliphatic rings. The van der Waals surface area contributed by atoms with Crippen LogP contribution in [0.15, 0.2) is 40.6 Å². The third-order valence-corrected chi connectivity index (χ3v) is 10.8. The molecule has 0 aliphatic carbocycles. The second-order valence-electron chi connectivity index (χ2n) is 8.26. The summed E-state index contributed by atoms with van der Waals surface area (Å²) in [5.74, 6) is -0.759. The van der Waals surface area contributed by atoms with Crippen LogP contribution in [-0.4, -0.2) is 76.2 Å². The molecule has 1 amide bonds. The maximum absolute atomic E-state index is 13.6. The van der Waals surface area contributed by atoms with Crippen LogP contribution in [0.3, 0.4) is 0 Å². The number of piperazine rings is 1. The summed E-state index contributed by atoms with van der Waals surface area (Å²) in [7, 11) is -7.75. The fraction of sp³-hybridized carbons (Fsp3) is 0.476. The predicted molar refractivity (Wildman–Crippen MR) is 132 cm³/mol. The summed E-state index contributed by atoms with van der Waals surface area (Å²) in [6.07, 6.45) is 2.75. The van der Waals surface area contributed by atoms with E-state index in [-0.39, 0.29) is 23.8 Å². The summed E-state index contributed by atoms with van der Waals surface area (Å²) in [6, 6.07) is 8.86. The van der Waals surface area contributed by atoms with Crippen molar-refractivity contribution in [3.05, 3.63) is 41.4 Å². The Labute approximate surface area is 213 Å². The molecule has 2 saturated heterocycles. The van der Waals surface area contributed by atoms with E-state index in [9.17, 15) is 21.6 Å². The van der Waals surface area contributed by atoms with Gasteiger partial charge in [0.25, 0.3) is 15.9 Å². The molecule has 0 spiro atoms. The van der Waals surface area contributed by atoms with Crippen LogP contribution in [-0.2, 0) is 34.4 Å². The Balaban J connectivity index is 1.57. The molecule has 2 fully saturated rings. The molecule has 192 valence electrons. The smallest absolute Gasteiger partial charge is 0.263 e. The van der Waals surface area contributed by atoms with E-state index in [1.165, 1.54) is 6.07 Å². The van der Waals surface area contributed by atoms with Crippen LogP contribution >= 0.6 is 22.9 Å². The lowest BCUT2D eigenvalue weighted by Gasteiger charge is -2.38. The molecular formula is C21H26ClN3O7S3. The third kappa shape index (κ3) is 6.23. The van der Waals surface area contributed by atoms with E-state index >= 15 is 0 Å². The third-order valence-electron chi connectivity index (χ3n) is 5.77. The summed E-state index contributed by atoms with van der Waals surface area (Å²) in [4.78, 5) is 19.1. The topological polar surface area (TPSA) is 122 Å². The Morgan fingerprint density at radius 1 is 1.11 bits per heavy atom. The Morgan fingerprint density at radius 2 is 1.86 bits per heavy atom. The summed E-state index contributed by atoms with van der Waals surface area (Å²) in [6.45, 7) is -0.0691. The Kier molecular flexibility index (Phi) is 8.18. The monoisotopic (exact) mass is 563 g/mol. The number of amides is 1. The van der Waals surface area contributed by atoms with Gasteiger partial charge >= 0.3 is 0 Å². The fourth-order valence-corrected chi connectivity index (χ4v) is 7.85. The number of thiophene rings is 1. The van der Waals surface area contributed by atoms with Crippen molar-refractivity contribution >= 4 is 48.9 Å². The molecule has 0 saturated carbocycles. The summed E-state index contributed by atoms with van der Waals surface area (Å²) in [5, 5.41) is 0.566. The minimum absolute atomic E-state index is 0.0459. The van der Waals surface area contributed by atoms with Crippen molar-refractivity contribution in [3.63, 3.8) is 0 Å². The number of hydroxylamine groups is 1. The molecule has 1 N–H and O–H groups in total. The molecule has 10 nitrogen and oxygen atoms in total. The number of nitrogens with one attached hydrogen (secondary N) is 1. The lowest BCUT2D eigenvalue weighted by Crippen LogP contribution is -2.61. The molecule has 2 aromatic rings. The van der Waals surface area contributed by atoms with Gasteiger partial charge in [-0.2, -0.15) is 8.61 Å². The number of carbonyl (C=O) groups excluding carboxylic acids is 1. The van der Waals surface area contributed by atoms with Crippen molar-refractivity contribution in [1.29, 1.82) is 0 Å². The van der Waals surface area contributed by atoms with Crippen LogP contribution in [0.1, 0.15) is 19.3 Å². The first kappa shape index (κ1) is 26.5. The highest BCUT2D eigenvalue weighted by atomic mass is 35.5. The number of hydrogen-bond acceptors (Lipinski definition) is 8. The van der Waals surface area contributed by atoms with Crippen molar-refractivity contribution in [2.75, 3.05) is 32.5 Å². The number of halogens is 1. The number of hydrogen-bond donors (Lipinski definition) is 1. The number of ether oxygens (including phenoxy) is 1. The zero-order valence-electron chi connectivity index (χ0n) is 18.9. The van der Waals surface area contributed by atoms with Gasteiger partial charge in [0, 0.05) is 42.6 Å². The van der Waals surface area contributed by atoms with Crippen molar-refractivity contribution in [2.45, 2.75) is 35.8 Å². The second-order valence-corrected chi connectivity index (χ2v) is 13.9. The number of rotatable bonds is 7. The van der Waals surface area contributed by atoms with Crippen LogP contribution in [0, 0.1) is 0 Å². The number of nitrogens with zero attached hydrogens (tertiary/aromatic N) is 2. The van der Waals surface area contributed by atoms with E-state index in [0.29, 0.717) is 22.9 Å². The minimum Gasteiger partial charge on any atom is -0.350 e. The van der Waals surface area contributed by atoms with Gasteiger partial charge in [-0.25, -0.2) is 27.2 Å². The average molecular weight is 564 g/mol. The van der Waals surface area contributed by atoms with E-state index in [4.69, 9.17) is 21.2 Å². The van der Waals surface area contributed by atoms with E-state index in [0.717, 1.165) is 44.6 Å². The van der Waals surface area contributed by atoms with E-state index in [2.05, 4.69) is 5.48 Å². The van der Waals surface area contributed by atoms with Gasteiger partial charge in [-0.15, -0.1) is 11.3 Å². The molecule has 1 aromatic carbocycles. The Bertz CT molecular complexity index is 1260. The molecule has 0 bridgehead atoms. The van der Waals surface area contributed by atoms with Gasteiger partial charge in [0.2, 0.25) is 10.0 Å². The van der Waals surface area contributed by atoms with Crippen molar-refractivity contribution < 1.29 is 31.2 Å². The van der Waals surface area contributed by atoms with Crippen LogP contribution in [0.25, 0.3) is 10.4 Å². The standard InChI is InChI=1S/C21H26ClN3O7S3/c1-34(27,28)24-11-12-25(17(14-24)21(26)23-32-19-4-2-3-13-31-19)35(29,30)20-10-9-18(33-20)15-5-7-16(22)8-6-15/h5-10,17,19H,2-4,11-14H2,1H3,(H,23,26). The Hall–Kier alpha value is -1.58. The number of sulfonamides is 2. The largest absolute Gasteiger partial charge is 0.350 e. The van der Waals surface area contributed by atoms with Gasteiger partial charge < -0.3 is 4.74 Å². The molecule has 35 heavy (non-hydrogen) atoms. The molecule has 3 heterocycles. The van der Waals surface area contributed by atoms with Gasteiger partial charge in [-0.3, -0.25) is 4.79 Å². The summed E-state index contributed by atoms with van der Waals surface area (Å²) >= 11 is 7.00. The van der Waals surface area contributed by atoms with Crippen molar-refractivity contribution in [3.8, 4) is 10.4 Å². The molecule has 2 unspecified atom stereocenters. The number of benzene rings is 1.